The lowest BCUT2D eigenvalue weighted by molar-refractivity contribution is -0.129. The number of nitrogens with zero attached hydrogens (tertiary/aromatic N) is 1. The molecule has 116 valence electrons. The Hall–Kier alpha value is -1.20. The van der Waals surface area contributed by atoms with Gasteiger partial charge >= 0.3 is 0 Å². The highest BCUT2D eigenvalue weighted by molar-refractivity contribution is 8.00. The number of ether oxygens (including phenoxy) is 1. The SMILES string of the molecule is CCOc1ccc(SCC(=O)N2CCC(NC)CC2)cc1. The molecule has 0 saturated carbocycles. The van der Waals surface area contributed by atoms with E-state index >= 15 is 0 Å². The second-order valence-corrected chi connectivity index (χ2v) is 6.19. The van der Waals surface area contributed by atoms with Gasteiger partial charge < -0.3 is 15.0 Å². The van der Waals surface area contributed by atoms with Gasteiger partial charge in [-0.2, -0.15) is 0 Å². The molecule has 0 bridgehead atoms. The van der Waals surface area contributed by atoms with Crippen LogP contribution in [0.3, 0.4) is 0 Å². The Morgan fingerprint density at radius 3 is 2.57 bits per heavy atom. The number of nitrogens with one attached hydrogen (secondary N) is 1. The van der Waals surface area contributed by atoms with E-state index in [4.69, 9.17) is 4.74 Å². The van der Waals surface area contributed by atoms with E-state index in [0.29, 0.717) is 18.4 Å². The number of carbonyl (C=O) groups is 1. The highest BCUT2D eigenvalue weighted by Gasteiger charge is 2.21. The summed E-state index contributed by atoms with van der Waals surface area (Å²) in [6, 6.07) is 8.49. The van der Waals surface area contributed by atoms with Crippen LogP contribution in [0.15, 0.2) is 29.2 Å². The molecule has 0 radical (unpaired) electrons. The maximum atomic E-state index is 12.2. The van der Waals surface area contributed by atoms with Crippen molar-refractivity contribution < 1.29 is 9.53 Å². The van der Waals surface area contributed by atoms with Crippen LogP contribution in [0.4, 0.5) is 0 Å². The smallest absolute Gasteiger partial charge is 0.232 e. The fourth-order valence-corrected chi connectivity index (χ4v) is 3.25. The zero-order chi connectivity index (χ0) is 15.1. The minimum atomic E-state index is 0.239. The van der Waals surface area contributed by atoms with Crippen LogP contribution in [-0.4, -0.2) is 49.3 Å². The highest BCUT2D eigenvalue weighted by atomic mass is 32.2. The lowest BCUT2D eigenvalue weighted by Gasteiger charge is -2.31. The van der Waals surface area contributed by atoms with E-state index < -0.39 is 0 Å². The third-order valence-corrected chi connectivity index (χ3v) is 4.75. The average molecular weight is 308 g/mol. The number of rotatable bonds is 6. The molecule has 1 aromatic carbocycles. The summed E-state index contributed by atoms with van der Waals surface area (Å²) < 4.78 is 5.41. The summed E-state index contributed by atoms with van der Waals surface area (Å²) in [5.41, 5.74) is 0. The van der Waals surface area contributed by atoms with Crippen molar-refractivity contribution >= 4 is 17.7 Å². The van der Waals surface area contributed by atoms with E-state index in [1.165, 1.54) is 0 Å². The van der Waals surface area contributed by atoms with Crippen molar-refractivity contribution in [3.63, 3.8) is 0 Å². The fourth-order valence-electron chi connectivity index (χ4n) is 2.45. The van der Waals surface area contributed by atoms with Crippen LogP contribution in [-0.2, 0) is 4.79 Å². The van der Waals surface area contributed by atoms with Gasteiger partial charge in [-0.05, 0) is 51.1 Å². The Labute approximate surface area is 131 Å². The maximum Gasteiger partial charge on any atom is 0.232 e. The molecule has 2 rings (SSSR count). The third-order valence-electron chi connectivity index (χ3n) is 3.75. The molecule has 1 amide bonds. The first-order valence-corrected chi connectivity index (χ1v) is 8.52. The molecule has 1 aliphatic rings. The summed E-state index contributed by atoms with van der Waals surface area (Å²) in [6.45, 7) is 4.38. The molecule has 0 aromatic heterocycles. The van der Waals surface area contributed by atoms with E-state index in [1.807, 2.05) is 43.1 Å². The molecule has 0 unspecified atom stereocenters. The molecule has 1 N–H and O–H groups in total. The molecule has 1 fully saturated rings. The molecule has 4 nitrogen and oxygen atoms in total. The Kier molecular flexibility index (Phi) is 6.39. The molecule has 21 heavy (non-hydrogen) atoms. The number of thioether (sulfide) groups is 1. The lowest BCUT2D eigenvalue weighted by atomic mass is 10.1. The summed E-state index contributed by atoms with van der Waals surface area (Å²) in [7, 11) is 1.99. The Morgan fingerprint density at radius 1 is 1.33 bits per heavy atom. The van der Waals surface area contributed by atoms with E-state index in [0.717, 1.165) is 36.6 Å². The van der Waals surface area contributed by atoms with Gasteiger partial charge in [0.1, 0.15) is 5.75 Å². The number of likely N-dealkylation sites (tertiary alicyclic amines) is 1. The first-order chi connectivity index (χ1) is 10.2. The zero-order valence-electron chi connectivity index (χ0n) is 12.8. The molecule has 1 saturated heterocycles. The van der Waals surface area contributed by atoms with Gasteiger partial charge in [-0.3, -0.25) is 4.79 Å². The molecular formula is C16H24N2O2S. The normalized spacial score (nSPS) is 16.0. The Balaban J connectivity index is 1.76. The molecule has 0 aliphatic carbocycles. The predicted molar refractivity (Wildman–Crippen MR) is 87.0 cm³/mol. The molecular weight excluding hydrogens is 284 g/mol. The summed E-state index contributed by atoms with van der Waals surface area (Å²) in [6.07, 6.45) is 2.10. The lowest BCUT2D eigenvalue weighted by Crippen LogP contribution is -2.44. The Bertz CT molecular complexity index is 442. The molecule has 5 heteroatoms. The van der Waals surface area contributed by atoms with Gasteiger partial charge in [0.25, 0.3) is 0 Å². The standard InChI is InChI=1S/C16H24N2O2S/c1-3-20-14-4-6-15(7-5-14)21-12-16(19)18-10-8-13(17-2)9-11-18/h4-7,13,17H,3,8-12H2,1-2H3. The van der Waals surface area contributed by atoms with Crippen molar-refractivity contribution in [3.8, 4) is 5.75 Å². The zero-order valence-corrected chi connectivity index (χ0v) is 13.6. The first-order valence-electron chi connectivity index (χ1n) is 7.53. The van der Waals surface area contributed by atoms with Crippen molar-refractivity contribution in [3.05, 3.63) is 24.3 Å². The number of carbonyl (C=O) groups excluding carboxylic acids is 1. The number of benzene rings is 1. The minimum Gasteiger partial charge on any atom is -0.494 e. The van der Waals surface area contributed by atoms with Gasteiger partial charge in [-0.15, -0.1) is 11.8 Å². The number of hydrogen-bond donors (Lipinski definition) is 1. The third kappa shape index (κ3) is 4.93. The number of amides is 1. The van der Waals surface area contributed by atoms with Crippen LogP contribution < -0.4 is 10.1 Å². The van der Waals surface area contributed by atoms with Crippen LogP contribution in [0.5, 0.6) is 5.75 Å². The van der Waals surface area contributed by atoms with Gasteiger partial charge in [0.2, 0.25) is 5.91 Å². The van der Waals surface area contributed by atoms with Crippen molar-refractivity contribution in [2.45, 2.75) is 30.7 Å². The van der Waals surface area contributed by atoms with Crippen LogP contribution in [0.2, 0.25) is 0 Å². The second-order valence-electron chi connectivity index (χ2n) is 5.14. The van der Waals surface area contributed by atoms with Crippen LogP contribution in [0.25, 0.3) is 0 Å². The van der Waals surface area contributed by atoms with Crippen LogP contribution >= 0.6 is 11.8 Å². The summed E-state index contributed by atoms with van der Waals surface area (Å²) in [5.74, 6) is 1.63. The predicted octanol–water partition coefficient (Wildman–Crippen LogP) is 2.39. The van der Waals surface area contributed by atoms with E-state index in [-0.39, 0.29) is 5.91 Å². The van der Waals surface area contributed by atoms with E-state index in [1.54, 1.807) is 11.8 Å². The van der Waals surface area contributed by atoms with Gasteiger partial charge in [0.15, 0.2) is 0 Å². The quantitative estimate of drug-likeness (QED) is 0.819. The van der Waals surface area contributed by atoms with Crippen LogP contribution in [0.1, 0.15) is 19.8 Å². The van der Waals surface area contributed by atoms with Crippen molar-refractivity contribution in [2.75, 3.05) is 32.5 Å². The van der Waals surface area contributed by atoms with Gasteiger partial charge in [0.05, 0.1) is 12.4 Å². The van der Waals surface area contributed by atoms with Gasteiger partial charge in [0, 0.05) is 24.0 Å². The molecule has 1 heterocycles. The topological polar surface area (TPSA) is 41.6 Å². The molecule has 1 aromatic rings. The Morgan fingerprint density at radius 2 is 2.00 bits per heavy atom. The van der Waals surface area contributed by atoms with E-state index in [2.05, 4.69) is 5.32 Å². The van der Waals surface area contributed by atoms with Crippen molar-refractivity contribution in [1.29, 1.82) is 0 Å². The number of hydrogen-bond acceptors (Lipinski definition) is 4. The van der Waals surface area contributed by atoms with E-state index in [9.17, 15) is 4.79 Å². The molecule has 0 spiro atoms. The highest BCUT2D eigenvalue weighted by Crippen LogP contribution is 2.22. The summed E-state index contributed by atoms with van der Waals surface area (Å²) in [4.78, 5) is 15.3. The first kappa shape index (κ1) is 16.2. The molecule has 1 aliphatic heterocycles. The maximum absolute atomic E-state index is 12.2. The number of piperidine rings is 1. The second kappa shape index (κ2) is 8.29. The summed E-state index contributed by atoms with van der Waals surface area (Å²) >= 11 is 1.59. The van der Waals surface area contributed by atoms with Gasteiger partial charge in [-0.1, -0.05) is 0 Å². The monoisotopic (exact) mass is 308 g/mol. The molecule has 0 atom stereocenters. The van der Waals surface area contributed by atoms with Crippen molar-refractivity contribution in [2.24, 2.45) is 0 Å². The average Bonchev–Trinajstić information content (AvgIpc) is 2.54. The van der Waals surface area contributed by atoms with Gasteiger partial charge in [-0.25, -0.2) is 0 Å². The van der Waals surface area contributed by atoms with Crippen LogP contribution in [0, 0.1) is 0 Å². The fraction of sp³-hybridized carbons (Fsp3) is 0.562. The minimum absolute atomic E-state index is 0.239. The van der Waals surface area contributed by atoms with Crippen molar-refractivity contribution in [1.82, 2.24) is 10.2 Å². The largest absolute Gasteiger partial charge is 0.494 e. The summed E-state index contributed by atoms with van der Waals surface area (Å²) in [5, 5.41) is 3.28.